The molecule has 0 amide bonds. The number of esters is 1. The third-order valence-electron chi connectivity index (χ3n) is 6.50. The van der Waals surface area contributed by atoms with E-state index in [1.54, 1.807) is 0 Å². The topological polar surface area (TPSA) is 26.3 Å². The highest BCUT2D eigenvalue weighted by molar-refractivity contribution is 5.70. The van der Waals surface area contributed by atoms with Gasteiger partial charge in [-0.3, -0.25) is 0 Å². The Balaban J connectivity index is 2.38. The quantitative estimate of drug-likeness (QED) is 0.115. The van der Waals surface area contributed by atoms with Crippen LogP contribution in [0.5, 0.6) is 0 Å². The molecule has 0 aliphatic rings. The monoisotopic (exact) mass is 430 g/mol. The normalized spacial score (nSPS) is 12.2. The molecule has 1 aromatic carbocycles. The van der Waals surface area contributed by atoms with Gasteiger partial charge in [-0.25, -0.2) is 4.79 Å². The van der Waals surface area contributed by atoms with Crippen LogP contribution in [0.4, 0.5) is 0 Å². The Bertz CT molecular complexity index is 629. The van der Waals surface area contributed by atoms with Crippen LogP contribution < -0.4 is 0 Å². The Morgan fingerprint density at radius 1 is 0.903 bits per heavy atom. The van der Waals surface area contributed by atoms with Gasteiger partial charge in [-0.05, 0) is 52.2 Å². The number of quaternary nitrogens is 1. The second-order valence-electron chi connectivity index (χ2n) is 9.22. The van der Waals surface area contributed by atoms with Gasteiger partial charge in [0.05, 0.1) is 26.2 Å². The summed E-state index contributed by atoms with van der Waals surface area (Å²) >= 11 is 0. The number of carbonyl (C=O) groups excluding carboxylic acids is 1. The number of rotatable bonds is 17. The van der Waals surface area contributed by atoms with Crippen LogP contribution in [0.3, 0.4) is 0 Å². The van der Waals surface area contributed by atoms with E-state index in [2.05, 4.69) is 65.0 Å². The first kappa shape index (κ1) is 27.4. The van der Waals surface area contributed by atoms with E-state index in [0.29, 0.717) is 13.2 Å². The Kier molecular flexibility index (Phi) is 14.2. The lowest BCUT2D eigenvalue weighted by Crippen LogP contribution is -2.51. The molecule has 0 aliphatic heterocycles. The van der Waals surface area contributed by atoms with E-state index in [4.69, 9.17) is 4.74 Å². The van der Waals surface area contributed by atoms with Crippen LogP contribution in [0, 0.1) is 6.92 Å². The number of hydrogen-bond donors (Lipinski definition) is 0. The van der Waals surface area contributed by atoms with E-state index >= 15 is 0 Å². The molecule has 3 heteroatoms. The van der Waals surface area contributed by atoms with Crippen molar-refractivity contribution in [3.8, 4) is 0 Å². The largest absolute Gasteiger partial charge is 0.462 e. The molecule has 0 unspecified atom stereocenters. The molecule has 0 fully saturated rings. The van der Waals surface area contributed by atoms with Crippen molar-refractivity contribution in [1.29, 1.82) is 0 Å². The predicted molar refractivity (Wildman–Crippen MR) is 133 cm³/mol. The zero-order valence-corrected chi connectivity index (χ0v) is 21.0. The smallest absolute Gasteiger partial charge is 0.361 e. The van der Waals surface area contributed by atoms with Gasteiger partial charge in [0.15, 0.2) is 6.54 Å². The number of benzene rings is 1. The summed E-state index contributed by atoms with van der Waals surface area (Å²) in [5.74, 6) is -0.0452. The Labute approximate surface area is 192 Å². The van der Waals surface area contributed by atoms with Crippen molar-refractivity contribution in [2.45, 2.75) is 92.4 Å². The average Bonchev–Trinajstić information content (AvgIpc) is 2.77. The standard InChI is InChI=1S/C28H48NO2/c1-6-9-10-11-12-13-14-15-22-31-28(30)24-29(7-2,8-3)21-20-26(5)23-27-18-16-25(4)17-19-27/h16-20H,6-15,21-24H2,1-5H3/q+1/b26-20+. The molecule has 0 atom stereocenters. The molecule has 3 nitrogen and oxygen atoms in total. The molecule has 0 saturated carbocycles. The number of carbonyl (C=O) groups is 1. The second-order valence-corrected chi connectivity index (χ2v) is 9.22. The fraction of sp³-hybridized carbons (Fsp3) is 0.679. The van der Waals surface area contributed by atoms with Gasteiger partial charge in [-0.2, -0.15) is 0 Å². The van der Waals surface area contributed by atoms with Gasteiger partial charge in [0.25, 0.3) is 0 Å². The first-order valence-corrected chi connectivity index (χ1v) is 12.7. The molecule has 0 N–H and O–H groups in total. The van der Waals surface area contributed by atoms with Gasteiger partial charge in [0, 0.05) is 0 Å². The number of unbranched alkanes of at least 4 members (excludes halogenated alkanes) is 7. The van der Waals surface area contributed by atoms with Crippen molar-refractivity contribution >= 4 is 5.97 Å². The van der Waals surface area contributed by atoms with E-state index in [0.717, 1.165) is 37.0 Å². The molecule has 1 rings (SSSR count). The Hall–Kier alpha value is -1.61. The van der Waals surface area contributed by atoms with Crippen molar-refractivity contribution < 1.29 is 14.0 Å². The minimum Gasteiger partial charge on any atom is -0.462 e. The number of ether oxygens (including phenoxy) is 1. The summed E-state index contributed by atoms with van der Waals surface area (Å²) in [6, 6.07) is 8.75. The molecule has 0 aliphatic carbocycles. The molecule has 0 bridgehead atoms. The minimum absolute atomic E-state index is 0.0452. The number of likely N-dealkylation sites (N-methyl/N-ethyl adjacent to an activating group) is 1. The third-order valence-corrected chi connectivity index (χ3v) is 6.50. The van der Waals surface area contributed by atoms with Gasteiger partial charge >= 0.3 is 5.97 Å². The summed E-state index contributed by atoms with van der Waals surface area (Å²) in [6.45, 7) is 14.7. The first-order valence-electron chi connectivity index (χ1n) is 12.7. The number of allylic oxidation sites excluding steroid dienone is 1. The molecule has 0 aromatic heterocycles. The molecule has 0 radical (unpaired) electrons. The van der Waals surface area contributed by atoms with Crippen LogP contribution in [0.1, 0.15) is 90.2 Å². The van der Waals surface area contributed by atoms with Crippen molar-refractivity contribution in [2.24, 2.45) is 0 Å². The van der Waals surface area contributed by atoms with Gasteiger partial charge in [0.2, 0.25) is 0 Å². The zero-order valence-electron chi connectivity index (χ0n) is 21.0. The van der Waals surface area contributed by atoms with Crippen LogP contribution in [-0.2, 0) is 16.0 Å². The summed E-state index contributed by atoms with van der Waals surface area (Å²) in [5.41, 5.74) is 4.00. The summed E-state index contributed by atoms with van der Waals surface area (Å²) in [6.07, 6.45) is 13.4. The van der Waals surface area contributed by atoms with Crippen molar-refractivity contribution in [3.05, 3.63) is 47.0 Å². The maximum Gasteiger partial charge on any atom is 0.361 e. The highest BCUT2D eigenvalue weighted by atomic mass is 16.5. The number of hydrogen-bond acceptors (Lipinski definition) is 2. The van der Waals surface area contributed by atoms with Crippen LogP contribution in [0.25, 0.3) is 0 Å². The van der Waals surface area contributed by atoms with Crippen LogP contribution in [0.2, 0.25) is 0 Å². The van der Waals surface area contributed by atoms with Gasteiger partial charge in [0.1, 0.15) is 0 Å². The van der Waals surface area contributed by atoms with Crippen molar-refractivity contribution in [3.63, 3.8) is 0 Å². The lowest BCUT2D eigenvalue weighted by atomic mass is 10.0. The van der Waals surface area contributed by atoms with Crippen LogP contribution in [-0.4, -0.2) is 43.2 Å². The van der Waals surface area contributed by atoms with Gasteiger partial charge < -0.3 is 9.22 Å². The van der Waals surface area contributed by atoms with Gasteiger partial charge in [-0.1, -0.05) is 87.3 Å². The highest BCUT2D eigenvalue weighted by Crippen LogP contribution is 2.13. The van der Waals surface area contributed by atoms with E-state index in [1.807, 2.05) is 0 Å². The average molecular weight is 431 g/mol. The molecule has 0 saturated heterocycles. The first-order chi connectivity index (χ1) is 14.9. The minimum atomic E-state index is -0.0452. The summed E-state index contributed by atoms with van der Waals surface area (Å²) in [5, 5.41) is 0. The van der Waals surface area contributed by atoms with E-state index < -0.39 is 0 Å². The SMILES string of the molecule is CCCCCCCCCCOC(=O)C[N+](CC)(CC)C/C=C(\C)Cc1ccc(C)cc1. The lowest BCUT2D eigenvalue weighted by molar-refractivity contribution is -0.912. The van der Waals surface area contributed by atoms with Crippen LogP contribution >= 0.6 is 0 Å². The Morgan fingerprint density at radius 2 is 1.48 bits per heavy atom. The van der Waals surface area contributed by atoms with Crippen LogP contribution in [0.15, 0.2) is 35.9 Å². The highest BCUT2D eigenvalue weighted by Gasteiger charge is 2.26. The zero-order chi connectivity index (χ0) is 23.0. The number of nitrogens with zero attached hydrogens (tertiary/aromatic N) is 1. The maximum absolute atomic E-state index is 12.5. The van der Waals surface area contributed by atoms with Crippen molar-refractivity contribution in [1.82, 2.24) is 0 Å². The summed E-state index contributed by atoms with van der Waals surface area (Å²) in [7, 11) is 0. The second kappa shape index (κ2) is 16.1. The van der Waals surface area contributed by atoms with E-state index in [-0.39, 0.29) is 5.97 Å². The fourth-order valence-corrected chi connectivity index (χ4v) is 3.96. The third kappa shape index (κ3) is 12.1. The molecular formula is C28H48NO2+. The fourth-order valence-electron chi connectivity index (χ4n) is 3.96. The van der Waals surface area contributed by atoms with Gasteiger partial charge in [-0.15, -0.1) is 0 Å². The molecule has 0 heterocycles. The Morgan fingerprint density at radius 3 is 2.06 bits per heavy atom. The van der Waals surface area contributed by atoms with E-state index in [1.165, 1.54) is 61.6 Å². The number of aryl methyl sites for hydroxylation is 1. The van der Waals surface area contributed by atoms with E-state index in [9.17, 15) is 4.79 Å². The predicted octanol–water partition coefficient (Wildman–Crippen LogP) is 7.02. The molecule has 1 aromatic rings. The van der Waals surface area contributed by atoms with Crippen molar-refractivity contribution in [2.75, 3.05) is 32.8 Å². The lowest BCUT2D eigenvalue weighted by Gasteiger charge is -2.35. The summed E-state index contributed by atoms with van der Waals surface area (Å²) < 4.78 is 6.35. The maximum atomic E-state index is 12.5. The molecule has 0 spiro atoms. The molecule has 176 valence electrons. The molecular weight excluding hydrogens is 382 g/mol. The summed E-state index contributed by atoms with van der Waals surface area (Å²) in [4.78, 5) is 12.5. The molecule has 31 heavy (non-hydrogen) atoms.